The zero-order chi connectivity index (χ0) is 25.1. The van der Waals surface area contributed by atoms with Crippen LogP contribution in [0.4, 0.5) is 36.4 Å². The van der Waals surface area contributed by atoms with Crippen LogP contribution in [-0.2, 0) is 6.18 Å². The molecule has 188 valence electrons. The van der Waals surface area contributed by atoms with Gasteiger partial charge >= 0.3 is 12.4 Å². The molecule has 0 radical (unpaired) electrons. The molecule has 1 unspecified atom stereocenters. The van der Waals surface area contributed by atoms with Gasteiger partial charge in [0, 0.05) is 28.9 Å². The number of hydrogen-bond donors (Lipinski definition) is 2. The third-order valence-electron chi connectivity index (χ3n) is 6.04. The van der Waals surface area contributed by atoms with Crippen molar-refractivity contribution in [3.63, 3.8) is 0 Å². The van der Waals surface area contributed by atoms with Crippen LogP contribution in [0.25, 0.3) is 11.1 Å². The summed E-state index contributed by atoms with van der Waals surface area (Å²) in [4.78, 5) is 0. The number of hydrogen-bond acceptors (Lipinski definition) is 3. The van der Waals surface area contributed by atoms with Gasteiger partial charge in [-0.25, -0.2) is 4.39 Å². The highest BCUT2D eigenvalue weighted by molar-refractivity contribution is 5.77. The molecule has 0 bridgehead atoms. The Morgan fingerprint density at radius 2 is 1.68 bits per heavy atom. The molecule has 1 aliphatic rings. The number of anilines is 1. The smallest absolute Gasteiger partial charge is 0.416 e. The van der Waals surface area contributed by atoms with E-state index >= 15 is 0 Å². The van der Waals surface area contributed by atoms with Crippen molar-refractivity contribution in [2.24, 2.45) is 5.92 Å². The second kappa shape index (κ2) is 10.4. The topological polar surface area (TPSA) is 41.5 Å². The molecular weight excluding hydrogens is 467 g/mol. The van der Waals surface area contributed by atoms with Crippen LogP contribution in [0.15, 0.2) is 30.3 Å². The van der Waals surface area contributed by atoms with Gasteiger partial charge in [-0.3, -0.25) is 0 Å². The molecule has 0 spiro atoms. The summed E-state index contributed by atoms with van der Waals surface area (Å²) in [5, 5.41) is 11.8. The molecule has 2 aromatic rings. The molecule has 1 saturated carbocycles. The quantitative estimate of drug-likeness (QED) is 0.404. The molecule has 2 N–H and O–H groups in total. The molecule has 0 heterocycles. The standard InChI is InChI=1S/C24H26F7NO2/c1-14-20(32-12-21(33)24(29,30)31)10-8-17(22(14)34-13-15-5-3-2-4-6-15)18-11-16(23(26,27)28)7-9-19(18)25/h7-11,15,21,32-33H,2-6,12-13H2,1H3. The first-order chi connectivity index (χ1) is 15.9. The maximum atomic E-state index is 14.6. The summed E-state index contributed by atoms with van der Waals surface area (Å²) in [6, 6.07) is 4.70. The van der Waals surface area contributed by atoms with Crippen LogP contribution < -0.4 is 10.1 Å². The van der Waals surface area contributed by atoms with Crippen LogP contribution >= 0.6 is 0 Å². The average molecular weight is 493 g/mol. The van der Waals surface area contributed by atoms with E-state index in [1.807, 2.05) is 0 Å². The van der Waals surface area contributed by atoms with Gasteiger partial charge in [-0.15, -0.1) is 0 Å². The van der Waals surface area contributed by atoms with E-state index in [-0.39, 0.29) is 35.1 Å². The lowest BCUT2D eigenvalue weighted by Gasteiger charge is -2.25. The van der Waals surface area contributed by atoms with Crippen LogP contribution in [0.1, 0.15) is 43.2 Å². The van der Waals surface area contributed by atoms with Gasteiger partial charge in [0.2, 0.25) is 0 Å². The lowest BCUT2D eigenvalue weighted by atomic mass is 9.90. The Balaban J connectivity index is 1.98. The Morgan fingerprint density at radius 1 is 1.00 bits per heavy atom. The van der Waals surface area contributed by atoms with Crippen LogP contribution in [-0.4, -0.2) is 30.5 Å². The van der Waals surface area contributed by atoms with Gasteiger partial charge in [-0.05, 0) is 56.0 Å². The summed E-state index contributed by atoms with van der Waals surface area (Å²) in [7, 11) is 0. The molecule has 3 nitrogen and oxygen atoms in total. The predicted octanol–water partition coefficient (Wildman–Crippen LogP) is 7.11. The minimum atomic E-state index is -4.82. The molecule has 0 amide bonds. The molecule has 2 aromatic carbocycles. The highest BCUT2D eigenvalue weighted by Gasteiger charge is 2.38. The molecule has 3 rings (SSSR count). The normalized spacial score (nSPS) is 16.4. The van der Waals surface area contributed by atoms with Crippen LogP contribution in [0.5, 0.6) is 5.75 Å². The largest absolute Gasteiger partial charge is 0.492 e. The lowest BCUT2D eigenvalue weighted by molar-refractivity contribution is -0.198. The van der Waals surface area contributed by atoms with Gasteiger partial charge in [0.25, 0.3) is 0 Å². The summed E-state index contributed by atoms with van der Waals surface area (Å²) < 4.78 is 98.4. The molecule has 1 aliphatic carbocycles. The van der Waals surface area contributed by atoms with Gasteiger partial charge in [-0.1, -0.05) is 19.3 Å². The van der Waals surface area contributed by atoms with Crippen LogP contribution in [0.3, 0.4) is 0 Å². The van der Waals surface area contributed by atoms with Crippen LogP contribution in [0.2, 0.25) is 0 Å². The van der Waals surface area contributed by atoms with Crippen molar-refractivity contribution in [3.05, 3.63) is 47.3 Å². The minimum Gasteiger partial charge on any atom is -0.492 e. The molecule has 1 fully saturated rings. The number of rotatable bonds is 7. The van der Waals surface area contributed by atoms with E-state index in [9.17, 15) is 35.8 Å². The highest BCUT2D eigenvalue weighted by Crippen LogP contribution is 2.41. The Kier molecular flexibility index (Phi) is 8.00. The summed E-state index contributed by atoms with van der Waals surface area (Å²) in [6.07, 6.45) is -7.11. The van der Waals surface area contributed by atoms with Crippen molar-refractivity contribution in [2.75, 3.05) is 18.5 Å². The molecule has 34 heavy (non-hydrogen) atoms. The first-order valence-corrected chi connectivity index (χ1v) is 11.0. The summed E-state index contributed by atoms with van der Waals surface area (Å²) in [6.45, 7) is 0.945. The fourth-order valence-electron chi connectivity index (χ4n) is 4.07. The summed E-state index contributed by atoms with van der Waals surface area (Å²) in [5.74, 6) is -0.575. The van der Waals surface area contributed by atoms with E-state index in [0.717, 1.165) is 38.2 Å². The molecule has 0 aromatic heterocycles. The highest BCUT2D eigenvalue weighted by atomic mass is 19.4. The Morgan fingerprint density at radius 3 is 2.29 bits per heavy atom. The zero-order valence-corrected chi connectivity index (χ0v) is 18.5. The van der Waals surface area contributed by atoms with Gasteiger partial charge < -0.3 is 15.2 Å². The number of alkyl halides is 6. The van der Waals surface area contributed by atoms with Crippen molar-refractivity contribution < 1.29 is 40.6 Å². The second-order valence-corrected chi connectivity index (χ2v) is 8.56. The summed E-state index contributed by atoms with van der Waals surface area (Å²) in [5.41, 5.74) is -0.787. The van der Waals surface area contributed by atoms with Gasteiger partial charge in [-0.2, -0.15) is 26.3 Å². The number of halogens is 7. The van der Waals surface area contributed by atoms with E-state index in [1.54, 1.807) is 0 Å². The molecular formula is C24H26F7NO2. The van der Waals surface area contributed by atoms with Gasteiger partial charge in [0.05, 0.1) is 12.2 Å². The first kappa shape index (κ1) is 26.1. The number of benzene rings is 2. The van der Waals surface area contributed by atoms with Gasteiger partial charge in [0.1, 0.15) is 11.6 Å². The van der Waals surface area contributed by atoms with E-state index in [1.165, 1.54) is 19.1 Å². The van der Waals surface area contributed by atoms with Crippen molar-refractivity contribution in [1.82, 2.24) is 0 Å². The van der Waals surface area contributed by atoms with Crippen molar-refractivity contribution in [2.45, 2.75) is 57.5 Å². The molecule has 0 saturated heterocycles. The zero-order valence-electron chi connectivity index (χ0n) is 18.5. The van der Waals surface area contributed by atoms with E-state index in [2.05, 4.69) is 5.32 Å². The summed E-state index contributed by atoms with van der Waals surface area (Å²) >= 11 is 0. The van der Waals surface area contributed by atoms with E-state index in [4.69, 9.17) is 4.74 Å². The predicted molar refractivity (Wildman–Crippen MR) is 114 cm³/mol. The van der Waals surface area contributed by atoms with Crippen molar-refractivity contribution >= 4 is 5.69 Å². The lowest BCUT2D eigenvalue weighted by Crippen LogP contribution is -2.35. The fourth-order valence-corrected chi connectivity index (χ4v) is 4.07. The first-order valence-electron chi connectivity index (χ1n) is 11.0. The SMILES string of the molecule is Cc1c(NCC(O)C(F)(F)F)ccc(-c2cc(C(F)(F)F)ccc2F)c1OCC1CCCCC1. The number of aliphatic hydroxyl groups excluding tert-OH is 1. The van der Waals surface area contributed by atoms with E-state index in [0.29, 0.717) is 17.7 Å². The Hall–Kier alpha value is -2.49. The average Bonchev–Trinajstić information content (AvgIpc) is 2.77. The monoisotopic (exact) mass is 493 g/mol. The molecule has 1 atom stereocenters. The maximum absolute atomic E-state index is 14.6. The second-order valence-electron chi connectivity index (χ2n) is 8.56. The van der Waals surface area contributed by atoms with Crippen LogP contribution in [0, 0.1) is 18.7 Å². The maximum Gasteiger partial charge on any atom is 0.416 e. The number of nitrogens with one attached hydrogen (secondary N) is 1. The van der Waals surface area contributed by atoms with Crippen molar-refractivity contribution in [1.29, 1.82) is 0 Å². The minimum absolute atomic E-state index is 0.0684. The third-order valence-corrected chi connectivity index (χ3v) is 6.04. The molecule has 0 aliphatic heterocycles. The fraction of sp³-hybridized carbons (Fsp3) is 0.500. The third kappa shape index (κ3) is 6.34. The van der Waals surface area contributed by atoms with Gasteiger partial charge in [0.15, 0.2) is 6.10 Å². The Bertz CT molecular complexity index is 983. The number of aliphatic hydroxyl groups is 1. The van der Waals surface area contributed by atoms with Crippen molar-refractivity contribution in [3.8, 4) is 16.9 Å². The molecule has 10 heteroatoms. The Labute approximate surface area is 192 Å². The number of ether oxygens (including phenoxy) is 1. The van der Waals surface area contributed by atoms with E-state index < -0.39 is 36.4 Å².